The summed E-state index contributed by atoms with van der Waals surface area (Å²) in [6, 6.07) is 10.4. The molecule has 1 aromatic rings. The van der Waals surface area contributed by atoms with Crippen molar-refractivity contribution in [1.82, 2.24) is 4.90 Å². The maximum atomic E-state index is 12.8. The van der Waals surface area contributed by atoms with Crippen molar-refractivity contribution >= 4 is 18.3 Å². The maximum Gasteiger partial charge on any atom is 0.230 e. The molecule has 1 aliphatic heterocycles. The number of ether oxygens (including phenoxy) is 1. The zero-order chi connectivity index (χ0) is 17.4. The summed E-state index contributed by atoms with van der Waals surface area (Å²) in [5.41, 5.74) is 6.85. The Kier molecular flexibility index (Phi) is 9.47. The second-order valence-electron chi connectivity index (χ2n) is 6.79. The van der Waals surface area contributed by atoms with Gasteiger partial charge in [-0.1, -0.05) is 44.2 Å². The molecule has 2 rings (SSSR count). The van der Waals surface area contributed by atoms with Crippen molar-refractivity contribution in [3.8, 4) is 0 Å². The highest BCUT2D eigenvalue weighted by molar-refractivity contribution is 5.85. The lowest BCUT2D eigenvalue weighted by molar-refractivity contribution is -0.144. The number of nitrogens with zero attached hydrogens (tertiary/aromatic N) is 1. The largest absolute Gasteiger partial charge is 0.378 e. The van der Waals surface area contributed by atoms with Crippen LogP contribution in [0.3, 0.4) is 0 Å². The Bertz CT molecular complexity index is 489. The summed E-state index contributed by atoms with van der Waals surface area (Å²) in [6.07, 6.45) is 4.69. The van der Waals surface area contributed by atoms with Crippen LogP contribution in [0.2, 0.25) is 0 Å². The summed E-state index contributed by atoms with van der Waals surface area (Å²) in [4.78, 5) is 14.8. The van der Waals surface area contributed by atoms with Crippen LogP contribution < -0.4 is 5.73 Å². The Morgan fingerprint density at radius 2 is 1.80 bits per heavy atom. The molecule has 1 saturated heterocycles. The molecule has 0 spiro atoms. The van der Waals surface area contributed by atoms with E-state index in [1.165, 1.54) is 5.56 Å². The first-order chi connectivity index (χ1) is 11.6. The van der Waals surface area contributed by atoms with Crippen LogP contribution in [0.15, 0.2) is 30.3 Å². The van der Waals surface area contributed by atoms with Crippen LogP contribution in [0.4, 0.5) is 0 Å². The van der Waals surface area contributed by atoms with Crippen LogP contribution in [0.5, 0.6) is 0 Å². The number of piperidine rings is 1. The molecule has 1 heterocycles. The minimum absolute atomic E-state index is 0. The van der Waals surface area contributed by atoms with Crippen molar-refractivity contribution in [3.63, 3.8) is 0 Å². The van der Waals surface area contributed by atoms with Crippen molar-refractivity contribution in [2.45, 2.75) is 52.1 Å². The number of hydrogen-bond acceptors (Lipinski definition) is 3. The summed E-state index contributed by atoms with van der Waals surface area (Å²) >= 11 is 0. The number of halogens is 1. The molecule has 1 aliphatic rings. The second-order valence-corrected chi connectivity index (χ2v) is 6.79. The van der Waals surface area contributed by atoms with Crippen LogP contribution >= 0.6 is 12.4 Å². The smallest absolute Gasteiger partial charge is 0.230 e. The van der Waals surface area contributed by atoms with Gasteiger partial charge in [0.2, 0.25) is 5.91 Å². The lowest BCUT2D eigenvalue weighted by Crippen LogP contribution is -2.51. The highest BCUT2D eigenvalue weighted by atomic mass is 35.5. The fraction of sp³-hybridized carbons (Fsp3) is 0.650. The molecule has 4 nitrogen and oxygen atoms in total. The third-order valence-electron chi connectivity index (χ3n) is 5.51. The fourth-order valence-electron chi connectivity index (χ4n) is 3.48. The van der Waals surface area contributed by atoms with Crippen molar-refractivity contribution in [2.24, 2.45) is 11.1 Å². The van der Waals surface area contributed by atoms with E-state index in [-0.39, 0.29) is 29.8 Å². The van der Waals surface area contributed by atoms with E-state index in [0.717, 1.165) is 51.8 Å². The highest BCUT2D eigenvalue weighted by Gasteiger charge is 2.38. The van der Waals surface area contributed by atoms with Crippen LogP contribution in [0, 0.1) is 5.41 Å². The van der Waals surface area contributed by atoms with Gasteiger partial charge in [0.1, 0.15) is 0 Å². The second kappa shape index (κ2) is 10.8. The van der Waals surface area contributed by atoms with Crippen LogP contribution in [-0.4, -0.2) is 43.2 Å². The fourth-order valence-corrected chi connectivity index (χ4v) is 3.48. The van der Waals surface area contributed by atoms with Gasteiger partial charge < -0.3 is 15.4 Å². The van der Waals surface area contributed by atoms with E-state index in [1.807, 2.05) is 11.0 Å². The minimum atomic E-state index is -0.374. The Hall–Kier alpha value is -1.10. The van der Waals surface area contributed by atoms with Crippen LogP contribution in [0.1, 0.15) is 45.1 Å². The first kappa shape index (κ1) is 21.9. The number of benzene rings is 1. The number of carbonyl (C=O) groups is 1. The molecule has 0 aromatic heterocycles. The molecule has 0 saturated carbocycles. The quantitative estimate of drug-likeness (QED) is 0.764. The van der Waals surface area contributed by atoms with E-state index >= 15 is 0 Å². The van der Waals surface area contributed by atoms with Crippen molar-refractivity contribution in [3.05, 3.63) is 35.9 Å². The molecule has 0 radical (unpaired) electrons. The Labute approximate surface area is 158 Å². The van der Waals surface area contributed by atoms with E-state index < -0.39 is 0 Å². The lowest BCUT2D eigenvalue weighted by Gasteiger charge is -2.39. The van der Waals surface area contributed by atoms with Gasteiger partial charge >= 0.3 is 0 Å². The highest BCUT2D eigenvalue weighted by Crippen LogP contribution is 2.29. The number of hydrogen-bond donors (Lipinski definition) is 1. The monoisotopic (exact) mass is 368 g/mol. The van der Waals surface area contributed by atoms with E-state index in [2.05, 4.69) is 38.1 Å². The van der Waals surface area contributed by atoms with E-state index in [4.69, 9.17) is 10.5 Å². The van der Waals surface area contributed by atoms with Gasteiger partial charge in [0, 0.05) is 19.6 Å². The molecule has 0 unspecified atom stereocenters. The predicted molar refractivity (Wildman–Crippen MR) is 105 cm³/mol. The number of nitrogens with two attached hydrogens (primary N) is 1. The molecule has 25 heavy (non-hydrogen) atoms. The zero-order valence-corrected chi connectivity index (χ0v) is 16.4. The molecule has 0 aliphatic carbocycles. The number of amides is 1. The van der Waals surface area contributed by atoms with Gasteiger partial charge in [0.25, 0.3) is 0 Å². The minimum Gasteiger partial charge on any atom is -0.378 e. The normalized spacial score (nSPS) is 15.7. The van der Waals surface area contributed by atoms with E-state index in [0.29, 0.717) is 6.54 Å². The first-order valence-electron chi connectivity index (χ1n) is 9.30. The average Bonchev–Trinajstić information content (AvgIpc) is 2.65. The van der Waals surface area contributed by atoms with Gasteiger partial charge in [-0.3, -0.25) is 4.79 Å². The van der Waals surface area contributed by atoms with Gasteiger partial charge in [-0.25, -0.2) is 0 Å². The molecule has 2 N–H and O–H groups in total. The number of carbonyl (C=O) groups excluding carboxylic acids is 1. The number of rotatable bonds is 8. The molecule has 0 atom stereocenters. The molecular weight excluding hydrogens is 336 g/mol. The summed E-state index contributed by atoms with van der Waals surface area (Å²) in [5.74, 6) is 0.234. The predicted octanol–water partition coefficient (Wildman–Crippen LogP) is 3.42. The topological polar surface area (TPSA) is 55.6 Å². The molecule has 0 bridgehead atoms. The Morgan fingerprint density at radius 3 is 2.32 bits per heavy atom. The average molecular weight is 369 g/mol. The lowest BCUT2D eigenvalue weighted by atomic mass is 9.80. The van der Waals surface area contributed by atoms with E-state index in [9.17, 15) is 4.79 Å². The molecule has 142 valence electrons. The van der Waals surface area contributed by atoms with Gasteiger partial charge in [0.05, 0.1) is 18.1 Å². The Morgan fingerprint density at radius 1 is 1.20 bits per heavy atom. The first-order valence-corrected chi connectivity index (χ1v) is 9.30. The standard InChI is InChI=1S/C20H32N2O2.ClH/c1-3-20(4-2,16-21)19(23)22-13-10-18(11-14-22)24-15-12-17-8-6-5-7-9-17;/h5-9,18H,3-4,10-16,21H2,1-2H3;1H. The SMILES string of the molecule is CCC(CC)(CN)C(=O)N1CCC(OCCc2ccccc2)CC1.Cl. The Balaban J connectivity index is 0.00000312. The zero-order valence-electron chi connectivity index (χ0n) is 15.6. The maximum absolute atomic E-state index is 12.8. The molecule has 1 amide bonds. The summed E-state index contributed by atoms with van der Waals surface area (Å²) in [6.45, 7) is 6.89. The summed E-state index contributed by atoms with van der Waals surface area (Å²) < 4.78 is 6.02. The van der Waals surface area contributed by atoms with Gasteiger partial charge in [-0.15, -0.1) is 12.4 Å². The van der Waals surface area contributed by atoms with Gasteiger partial charge in [0.15, 0.2) is 0 Å². The third-order valence-corrected chi connectivity index (χ3v) is 5.51. The number of likely N-dealkylation sites (tertiary alicyclic amines) is 1. The third kappa shape index (κ3) is 5.70. The van der Waals surface area contributed by atoms with Crippen LogP contribution in [-0.2, 0) is 16.0 Å². The van der Waals surface area contributed by atoms with Gasteiger partial charge in [-0.2, -0.15) is 0 Å². The van der Waals surface area contributed by atoms with Crippen molar-refractivity contribution in [2.75, 3.05) is 26.2 Å². The summed E-state index contributed by atoms with van der Waals surface area (Å²) in [7, 11) is 0. The van der Waals surface area contributed by atoms with Crippen molar-refractivity contribution < 1.29 is 9.53 Å². The molecule has 1 fully saturated rings. The van der Waals surface area contributed by atoms with Crippen LogP contribution in [0.25, 0.3) is 0 Å². The molecule has 1 aromatic carbocycles. The van der Waals surface area contributed by atoms with E-state index in [1.54, 1.807) is 0 Å². The van der Waals surface area contributed by atoms with Crippen molar-refractivity contribution in [1.29, 1.82) is 0 Å². The molecular formula is C20H33ClN2O2. The molecule has 5 heteroatoms. The summed E-state index contributed by atoms with van der Waals surface area (Å²) in [5, 5.41) is 0. The van der Waals surface area contributed by atoms with Gasteiger partial charge in [-0.05, 0) is 37.7 Å².